The average Bonchev–Trinajstić information content (AvgIpc) is 3.06. The van der Waals surface area contributed by atoms with Crippen molar-refractivity contribution in [1.82, 2.24) is 14.9 Å². The highest BCUT2D eigenvalue weighted by Gasteiger charge is 2.38. The Labute approximate surface area is 185 Å². The molecule has 8 nitrogen and oxygen atoms in total. The molecule has 2 aromatic heterocycles. The molecule has 3 aromatic rings. The quantitative estimate of drug-likeness (QED) is 0.494. The fourth-order valence-electron chi connectivity index (χ4n) is 3.78. The van der Waals surface area contributed by atoms with Crippen LogP contribution in [0.4, 0.5) is 10.5 Å². The molecular formula is C24H22N4O4. The number of rotatable bonds is 5. The Bertz CT molecular complexity index is 1240. The zero-order valence-corrected chi connectivity index (χ0v) is 18.0. The number of aryl methyl sites for hydroxylation is 1. The van der Waals surface area contributed by atoms with Gasteiger partial charge in [0.15, 0.2) is 0 Å². The average molecular weight is 430 g/mol. The lowest BCUT2D eigenvalue weighted by atomic mass is 10.1. The molecule has 1 aliphatic rings. The molecule has 8 heteroatoms. The largest absolute Gasteiger partial charge is 0.492 e. The minimum atomic E-state index is -0.813. The van der Waals surface area contributed by atoms with Crippen molar-refractivity contribution in [2.75, 3.05) is 11.5 Å². The lowest BCUT2D eigenvalue weighted by Crippen LogP contribution is -2.54. The van der Waals surface area contributed by atoms with Crippen LogP contribution in [0.15, 0.2) is 60.4 Å². The lowest BCUT2D eigenvalue weighted by Gasteiger charge is -2.27. The minimum absolute atomic E-state index is 0.133. The van der Waals surface area contributed by atoms with E-state index in [4.69, 9.17) is 4.74 Å². The molecule has 1 aliphatic heterocycles. The van der Waals surface area contributed by atoms with Crippen molar-refractivity contribution >= 4 is 29.6 Å². The highest BCUT2D eigenvalue weighted by molar-refractivity contribution is 6.39. The number of barbiturate groups is 1. The zero-order valence-electron chi connectivity index (χ0n) is 18.0. The highest BCUT2D eigenvalue weighted by atomic mass is 16.5. The van der Waals surface area contributed by atoms with Crippen LogP contribution in [0, 0.1) is 13.8 Å². The predicted molar refractivity (Wildman–Crippen MR) is 120 cm³/mol. The van der Waals surface area contributed by atoms with E-state index in [1.807, 2.05) is 43.5 Å². The Morgan fingerprint density at radius 1 is 1.06 bits per heavy atom. The van der Waals surface area contributed by atoms with Crippen molar-refractivity contribution in [3.8, 4) is 11.4 Å². The van der Waals surface area contributed by atoms with Crippen LogP contribution >= 0.6 is 0 Å². The molecule has 0 aliphatic carbocycles. The molecule has 1 N–H and O–H groups in total. The molecule has 1 aromatic carbocycles. The first kappa shape index (κ1) is 21.0. The van der Waals surface area contributed by atoms with Crippen molar-refractivity contribution in [2.24, 2.45) is 0 Å². The van der Waals surface area contributed by atoms with Gasteiger partial charge in [0.1, 0.15) is 11.3 Å². The molecule has 0 bridgehead atoms. The summed E-state index contributed by atoms with van der Waals surface area (Å²) in [5.41, 5.74) is 3.54. The van der Waals surface area contributed by atoms with Gasteiger partial charge in [0.25, 0.3) is 11.8 Å². The first-order valence-electron chi connectivity index (χ1n) is 10.1. The Balaban J connectivity index is 1.77. The van der Waals surface area contributed by atoms with Gasteiger partial charge in [-0.15, -0.1) is 0 Å². The number of nitrogens with zero attached hydrogens (tertiary/aromatic N) is 3. The molecule has 1 saturated heterocycles. The number of pyridine rings is 1. The molecule has 32 heavy (non-hydrogen) atoms. The first-order valence-corrected chi connectivity index (χ1v) is 10.1. The summed E-state index contributed by atoms with van der Waals surface area (Å²) in [5.74, 6) is -1.07. The molecule has 4 rings (SSSR count). The molecule has 0 unspecified atom stereocenters. The Morgan fingerprint density at radius 3 is 2.50 bits per heavy atom. The van der Waals surface area contributed by atoms with Gasteiger partial charge in [0.2, 0.25) is 0 Å². The number of nitrogens with one attached hydrogen (secondary N) is 1. The lowest BCUT2D eigenvalue weighted by molar-refractivity contribution is -0.122. The molecule has 4 amide bonds. The van der Waals surface area contributed by atoms with Crippen LogP contribution < -0.4 is 15.0 Å². The van der Waals surface area contributed by atoms with E-state index in [1.54, 1.807) is 36.7 Å². The summed E-state index contributed by atoms with van der Waals surface area (Å²) in [5, 5.41) is 2.26. The maximum Gasteiger partial charge on any atom is 0.336 e. The number of carbonyl (C=O) groups is 3. The van der Waals surface area contributed by atoms with Gasteiger partial charge in [-0.3, -0.25) is 19.9 Å². The van der Waals surface area contributed by atoms with Gasteiger partial charge in [-0.1, -0.05) is 12.1 Å². The van der Waals surface area contributed by atoms with E-state index >= 15 is 0 Å². The molecule has 162 valence electrons. The van der Waals surface area contributed by atoms with Gasteiger partial charge in [0, 0.05) is 29.5 Å². The van der Waals surface area contributed by atoms with Crippen molar-refractivity contribution in [3.63, 3.8) is 0 Å². The number of hydrogen-bond acceptors (Lipinski definition) is 5. The third kappa shape index (κ3) is 3.66. The first-order chi connectivity index (χ1) is 15.4. The van der Waals surface area contributed by atoms with Crippen molar-refractivity contribution < 1.29 is 19.1 Å². The van der Waals surface area contributed by atoms with Crippen LogP contribution in [0.2, 0.25) is 0 Å². The van der Waals surface area contributed by atoms with Gasteiger partial charge in [-0.25, -0.2) is 9.69 Å². The van der Waals surface area contributed by atoms with Crippen LogP contribution in [0.25, 0.3) is 11.8 Å². The number of anilines is 1. The van der Waals surface area contributed by atoms with E-state index in [9.17, 15) is 14.4 Å². The minimum Gasteiger partial charge on any atom is -0.492 e. The Kier molecular flexibility index (Phi) is 5.59. The molecule has 0 atom stereocenters. The van der Waals surface area contributed by atoms with E-state index in [-0.39, 0.29) is 11.3 Å². The number of carbonyl (C=O) groups excluding carboxylic acids is 3. The number of imide groups is 2. The molecule has 0 saturated carbocycles. The normalized spacial score (nSPS) is 15.3. The van der Waals surface area contributed by atoms with Crippen LogP contribution in [0.3, 0.4) is 0 Å². The zero-order chi connectivity index (χ0) is 22.8. The van der Waals surface area contributed by atoms with Crippen LogP contribution in [-0.4, -0.2) is 34.0 Å². The third-order valence-electron chi connectivity index (χ3n) is 5.20. The fourth-order valence-corrected chi connectivity index (χ4v) is 3.78. The van der Waals surface area contributed by atoms with E-state index < -0.39 is 17.8 Å². The second-order valence-electron chi connectivity index (χ2n) is 7.23. The fraction of sp³-hybridized carbons (Fsp3) is 0.167. The topological polar surface area (TPSA) is 93.5 Å². The standard InChI is InChI=1S/C24H22N4O4/c1-4-32-21-8-6-5-7-20(21)28-23(30)19(22(29)26-24(28)31)14-17-13-15(2)27(16(17)3)18-9-11-25-12-10-18/h5-14H,4H2,1-3H3,(H,26,29,31)/b19-14+. The van der Waals surface area contributed by atoms with Crippen molar-refractivity contribution in [3.05, 3.63) is 77.4 Å². The van der Waals surface area contributed by atoms with Gasteiger partial charge in [-0.2, -0.15) is 0 Å². The van der Waals surface area contributed by atoms with Crippen LogP contribution in [0.5, 0.6) is 5.75 Å². The maximum atomic E-state index is 13.3. The van der Waals surface area contributed by atoms with Crippen molar-refractivity contribution in [2.45, 2.75) is 20.8 Å². The predicted octanol–water partition coefficient (Wildman–Crippen LogP) is 3.55. The number of urea groups is 1. The number of aromatic nitrogens is 2. The van der Waals surface area contributed by atoms with Crippen molar-refractivity contribution in [1.29, 1.82) is 0 Å². The maximum absolute atomic E-state index is 13.3. The third-order valence-corrected chi connectivity index (χ3v) is 5.20. The number of para-hydroxylation sites is 2. The SMILES string of the molecule is CCOc1ccccc1N1C(=O)NC(=O)/C(=C\c2cc(C)n(-c3ccncc3)c2C)C1=O. The van der Waals surface area contributed by atoms with E-state index in [1.165, 1.54) is 6.08 Å². The highest BCUT2D eigenvalue weighted by Crippen LogP contribution is 2.31. The summed E-state index contributed by atoms with van der Waals surface area (Å²) in [6, 6.07) is 11.5. The smallest absolute Gasteiger partial charge is 0.336 e. The van der Waals surface area contributed by atoms with Gasteiger partial charge >= 0.3 is 6.03 Å². The Hall–Kier alpha value is -4.20. The summed E-state index contributed by atoms with van der Waals surface area (Å²) >= 11 is 0. The summed E-state index contributed by atoms with van der Waals surface area (Å²) in [6.07, 6.45) is 4.91. The molecule has 1 fully saturated rings. The van der Waals surface area contributed by atoms with Crippen LogP contribution in [-0.2, 0) is 9.59 Å². The summed E-state index contributed by atoms with van der Waals surface area (Å²) in [7, 11) is 0. The summed E-state index contributed by atoms with van der Waals surface area (Å²) in [4.78, 5) is 43.4. The van der Waals surface area contributed by atoms with Gasteiger partial charge < -0.3 is 9.30 Å². The Morgan fingerprint density at radius 2 is 1.78 bits per heavy atom. The molecule has 0 radical (unpaired) electrons. The molecule has 0 spiro atoms. The summed E-state index contributed by atoms with van der Waals surface area (Å²) in [6.45, 7) is 6.01. The van der Waals surface area contributed by atoms with Gasteiger partial charge in [0.05, 0.1) is 12.3 Å². The van der Waals surface area contributed by atoms with Crippen LogP contribution in [0.1, 0.15) is 23.9 Å². The number of benzene rings is 1. The van der Waals surface area contributed by atoms with E-state index in [0.717, 1.165) is 22.0 Å². The number of ether oxygens (including phenoxy) is 1. The summed E-state index contributed by atoms with van der Waals surface area (Å²) < 4.78 is 7.57. The number of hydrogen-bond donors (Lipinski definition) is 1. The molecular weight excluding hydrogens is 408 g/mol. The monoisotopic (exact) mass is 430 g/mol. The second-order valence-corrected chi connectivity index (χ2v) is 7.23. The van der Waals surface area contributed by atoms with Gasteiger partial charge in [-0.05, 0) is 62.7 Å². The van der Waals surface area contributed by atoms with E-state index in [2.05, 4.69) is 10.3 Å². The second kappa shape index (κ2) is 8.50. The molecule has 3 heterocycles. The van der Waals surface area contributed by atoms with E-state index in [0.29, 0.717) is 17.9 Å². The number of amides is 4.